The van der Waals surface area contributed by atoms with Crippen molar-refractivity contribution in [3.05, 3.63) is 23.0 Å². The maximum Gasteiger partial charge on any atom is 0.152 e. The van der Waals surface area contributed by atoms with E-state index in [1.54, 1.807) is 6.20 Å². The molecule has 0 fully saturated rings. The van der Waals surface area contributed by atoms with E-state index in [9.17, 15) is 0 Å². The van der Waals surface area contributed by atoms with Crippen LogP contribution in [0, 0.1) is 12.8 Å². The van der Waals surface area contributed by atoms with E-state index in [2.05, 4.69) is 31.1 Å². The Hall–Kier alpha value is -0.760. The molecule has 16 heavy (non-hydrogen) atoms. The molecule has 0 saturated heterocycles. The molecular weight excluding hydrogens is 220 g/mol. The third-order valence-electron chi connectivity index (χ3n) is 2.55. The van der Waals surface area contributed by atoms with Gasteiger partial charge in [-0.3, -0.25) is 0 Å². The van der Waals surface area contributed by atoms with Crippen LogP contribution in [0.1, 0.15) is 39.2 Å². The zero-order valence-corrected chi connectivity index (χ0v) is 11.3. The van der Waals surface area contributed by atoms with Crippen LogP contribution >= 0.6 is 11.6 Å². The van der Waals surface area contributed by atoms with Crippen LogP contribution in [0.15, 0.2) is 12.3 Å². The summed E-state index contributed by atoms with van der Waals surface area (Å²) >= 11 is 6.03. The number of hydrogen-bond donors (Lipinski definition) is 1. The van der Waals surface area contributed by atoms with E-state index in [0.29, 0.717) is 11.2 Å². The first-order valence-electron chi connectivity index (χ1n) is 5.87. The zero-order chi connectivity index (χ0) is 12.1. The van der Waals surface area contributed by atoms with Crippen molar-refractivity contribution in [2.75, 3.05) is 5.32 Å². The Morgan fingerprint density at radius 3 is 2.62 bits per heavy atom. The third-order valence-corrected chi connectivity index (χ3v) is 2.86. The van der Waals surface area contributed by atoms with Crippen LogP contribution in [-0.4, -0.2) is 11.0 Å². The molecule has 1 aromatic rings. The summed E-state index contributed by atoms with van der Waals surface area (Å²) in [6, 6.07) is 2.48. The number of nitrogens with zero attached hydrogens (tertiary/aromatic N) is 1. The van der Waals surface area contributed by atoms with E-state index in [1.165, 1.54) is 6.42 Å². The molecule has 0 bridgehead atoms. The molecule has 1 rings (SSSR count). The lowest BCUT2D eigenvalue weighted by molar-refractivity contribution is 0.527. The molecule has 0 amide bonds. The van der Waals surface area contributed by atoms with Gasteiger partial charge in [0.2, 0.25) is 0 Å². The van der Waals surface area contributed by atoms with Crippen molar-refractivity contribution in [3.8, 4) is 0 Å². The molecule has 3 heteroatoms. The number of halogens is 1. The smallest absolute Gasteiger partial charge is 0.152 e. The molecule has 0 aliphatic heterocycles. The van der Waals surface area contributed by atoms with Gasteiger partial charge in [0.1, 0.15) is 0 Å². The molecule has 0 spiro atoms. The van der Waals surface area contributed by atoms with Gasteiger partial charge in [0.15, 0.2) is 5.15 Å². The summed E-state index contributed by atoms with van der Waals surface area (Å²) in [5.41, 5.74) is 2.07. The Kier molecular flexibility index (Phi) is 5.07. The van der Waals surface area contributed by atoms with Crippen molar-refractivity contribution in [2.45, 2.75) is 46.6 Å². The highest BCUT2D eigenvalue weighted by atomic mass is 35.5. The number of rotatable bonds is 5. The first kappa shape index (κ1) is 13.3. The third kappa shape index (κ3) is 4.40. The maximum atomic E-state index is 6.03. The fourth-order valence-electron chi connectivity index (χ4n) is 1.57. The topological polar surface area (TPSA) is 24.9 Å². The Balaban J connectivity index is 2.55. The quantitative estimate of drug-likeness (QED) is 0.777. The molecule has 1 atom stereocenters. The number of nitrogens with one attached hydrogen (secondary N) is 1. The predicted molar refractivity (Wildman–Crippen MR) is 71.1 cm³/mol. The number of hydrogen-bond acceptors (Lipinski definition) is 2. The van der Waals surface area contributed by atoms with Crippen molar-refractivity contribution < 1.29 is 0 Å². The van der Waals surface area contributed by atoms with Gasteiger partial charge in [-0.2, -0.15) is 0 Å². The highest BCUT2D eigenvalue weighted by Crippen LogP contribution is 2.21. The van der Waals surface area contributed by atoms with E-state index in [4.69, 9.17) is 11.6 Å². The molecule has 0 aliphatic carbocycles. The van der Waals surface area contributed by atoms with Gasteiger partial charge in [-0.1, -0.05) is 25.4 Å². The molecule has 1 heterocycles. The summed E-state index contributed by atoms with van der Waals surface area (Å²) in [6.07, 6.45) is 4.17. The van der Waals surface area contributed by atoms with Crippen LogP contribution in [0.25, 0.3) is 0 Å². The van der Waals surface area contributed by atoms with Crippen LogP contribution in [0.4, 0.5) is 5.69 Å². The number of anilines is 1. The van der Waals surface area contributed by atoms with Gasteiger partial charge in [0, 0.05) is 12.2 Å². The lowest BCUT2D eigenvalue weighted by Crippen LogP contribution is -2.16. The van der Waals surface area contributed by atoms with Crippen LogP contribution in [0.5, 0.6) is 0 Å². The van der Waals surface area contributed by atoms with Crippen LogP contribution in [0.2, 0.25) is 5.15 Å². The second-order valence-electron chi connectivity index (χ2n) is 4.87. The first-order valence-corrected chi connectivity index (χ1v) is 6.25. The summed E-state index contributed by atoms with van der Waals surface area (Å²) in [7, 11) is 0. The van der Waals surface area contributed by atoms with Crippen molar-refractivity contribution >= 4 is 17.3 Å². The molecule has 1 N–H and O–H groups in total. The molecule has 1 aromatic heterocycles. The fourth-order valence-corrected chi connectivity index (χ4v) is 1.73. The fraction of sp³-hybridized carbons (Fsp3) is 0.615. The van der Waals surface area contributed by atoms with Gasteiger partial charge in [-0.05, 0) is 44.2 Å². The minimum absolute atomic E-state index is 0.434. The Bertz CT molecular complexity index is 337. The monoisotopic (exact) mass is 240 g/mol. The molecule has 90 valence electrons. The lowest BCUT2D eigenvalue weighted by atomic mass is 10.0. The van der Waals surface area contributed by atoms with Crippen molar-refractivity contribution in [1.82, 2.24) is 4.98 Å². The van der Waals surface area contributed by atoms with Crippen molar-refractivity contribution in [1.29, 1.82) is 0 Å². The van der Waals surface area contributed by atoms with Crippen molar-refractivity contribution in [3.63, 3.8) is 0 Å². The minimum atomic E-state index is 0.434. The van der Waals surface area contributed by atoms with Gasteiger partial charge >= 0.3 is 0 Å². The van der Waals surface area contributed by atoms with Gasteiger partial charge in [0.05, 0.1) is 5.69 Å². The first-order chi connectivity index (χ1) is 7.49. The van der Waals surface area contributed by atoms with Crippen LogP contribution in [0.3, 0.4) is 0 Å². The molecule has 0 radical (unpaired) electrons. The summed E-state index contributed by atoms with van der Waals surface area (Å²) in [5, 5.41) is 3.97. The number of aromatic nitrogens is 1. The molecule has 0 aliphatic rings. The summed E-state index contributed by atoms with van der Waals surface area (Å²) in [4.78, 5) is 4.13. The van der Waals surface area contributed by atoms with Crippen molar-refractivity contribution in [2.24, 2.45) is 5.92 Å². The van der Waals surface area contributed by atoms with Gasteiger partial charge in [-0.25, -0.2) is 4.98 Å². The molecule has 1 unspecified atom stereocenters. The van der Waals surface area contributed by atoms with Crippen LogP contribution in [-0.2, 0) is 0 Å². The zero-order valence-electron chi connectivity index (χ0n) is 10.5. The number of aryl methyl sites for hydroxylation is 1. The SMILES string of the molecule is Cc1cnc(Cl)c(NC(C)CCC(C)C)c1. The Morgan fingerprint density at radius 2 is 2.00 bits per heavy atom. The Labute approximate surface area is 103 Å². The van der Waals surface area contributed by atoms with Gasteiger partial charge in [0.25, 0.3) is 0 Å². The van der Waals surface area contributed by atoms with Gasteiger partial charge in [-0.15, -0.1) is 0 Å². The summed E-state index contributed by atoms with van der Waals surface area (Å²) < 4.78 is 0. The van der Waals surface area contributed by atoms with E-state index < -0.39 is 0 Å². The highest BCUT2D eigenvalue weighted by molar-refractivity contribution is 6.31. The Morgan fingerprint density at radius 1 is 1.31 bits per heavy atom. The summed E-state index contributed by atoms with van der Waals surface area (Å²) in [5.74, 6) is 0.746. The van der Waals surface area contributed by atoms with E-state index in [1.807, 2.05) is 13.0 Å². The molecular formula is C13H21ClN2. The molecule has 0 aromatic carbocycles. The average molecular weight is 241 g/mol. The normalized spacial score (nSPS) is 12.9. The van der Waals surface area contributed by atoms with Gasteiger partial charge < -0.3 is 5.32 Å². The van der Waals surface area contributed by atoms with Crippen LogP contribution < -0.4 is 5.32 Å². The van der Waals surface area contributed by atoms with E-state index in [-0.39, 0.29) is 0 Å². The minimum Gasteiger partial charge on any atom is -0.380 e. The number of pyridine rings is 1. The largest absolute Gasteiger partial charge is 0.380 e. The van der Waals surface area contributed by atoms with E-state index in [0.717, 1.165) is 23.6 Å². The average Bonchev–Trinajstić information content (AvgIpc) is 2.20. The standard InChI is InChI=1S/C13H21ClN2/c1-9(2)5-6-11(4)16-12-7-10(3)8-15-13(12)14/h7-9,11,16H,5-6H2,1-4H3. The maximum absolute atomic E-state index is 6.03. The predicted octanol–water partition coefficient (Wildman–Crippen LogP) is 4.28. The molecule has 2 nitrogen and oxygen atoms in total. The second-order valence-corrected chi connectivity index (χ2v) is 5.23. The summed E-state index contributed by atoms with van der Waals surface area (Å²) in [6.45, 7) is 8.69. The highest BCUT2D eigenvalue weighted by Gasteiger charge is 2.07. The lowest BCUT2D eigenvalue weighted by Gasteiger charge is -2.17. The second kappa shape index (κ2) is 6.09. The molecule has 0 saturated carbocycles. The van der Waals surface area contributed by atoms with E-state index >= 15 is 0 Å².